The van der Waals surface area contributed by atoms with Crippen molar-refractivity contribution in [3.63, 3.8) is 0 Å². The number of anilines is 1. The molecule has 0 aliphatic rings. The van der Waals surface area contributed by atoms with Crippen molar-refractivity contribution in [2.24, 2.45) is 0 Å². The molecule has 0 bridgehead atoms. The number of fused-ring (bicyclic) bond motifs is 1. The lowest BCUT2D eigenvalue weighted by molar-refractivity contribution is -0.121. The normalized spacial score (nSPS) is 10.8. The molecule has 0 radical (unpaired) electrons. The molecule has 0 saturated heterocycles. The fourth-order valence-corrected chi connectivity index (χ4v) is 3.18. The van der Waals surface area contributed by atoms with Gasteiger partial charge in [0.05, 0.1) is 18.4 Å². The largest absolute Gasteiger partial charge is 0.369 e. The second-order valence-electron chi connectivity index (χ2n) is 6.53. The molecule has 0 fully saturated rings. The third-order valence-corrected chi connectivity index (χ3v) is 4.62. The second-order valence-corrected chi connectivity index (χ2v) is 6.53. The molecule has 0 atom stereocenters. The van der Waals surface area contributed by atoms with Crippen molar-refractivity contribution >= 4 is 22.6 Å². The zero-order valence-corrected chi connectivity index (χ0v) is 15.8. The molecule has 8 nitrogen and oxygen atoms in total. The summed E-state index contributed by atoms with van der Waals surface area (Å²) < 4.78 is 1.43. The van der Waals surface area contributed by atoms with Gasteiger partial charge in [-0.1, -0.05) is 30.3 Å². The van der Waals surface area contributed by atoms with E-state index in [2.05, 4.69) is 25.6 Å². The molecule has 0 aliphatic carbocycles. The van der Waals surface area contributed by atoms with Crippen molar-refractivity contribution in [3.8, 4) is 11.3 Å². The molecule has 0 unspecified atom stereocenters. The summed E-state index contributed by atoms with van der Waals surface area (Å²) in [6.07, 6.45) is 5.07. The summed E-state index contributed by atoms with van der Waals surface area (Å²) in [7, 11) is 1.63. The maximum absolute atomic E-state index is 12.8. The number of amides is 1. The first-order valence-electron chi connectivity index (χ1n) is 9.17. The first-order chi connectivity index (χ1) is 14.2. The Balaban J connectivity index is 1.56. The number of hydrogen-bond donors (Lipinski definition) is 3. The Morgan fingerprint density at radius 1 is 1.17 bits per heavy atom. The van der Waals surface area contributed by atoms with Crippen LogP contribution >= 0.6 is 0 Å². The van der Waals surface area contributed by atoms with E-state index >= 15 is 0 Å². The average Bonchev–Trinajstić information content (AvgIpc) is 3.17. The molecule has 4 aromatic rings. The maximum Gasteiger partial charge on any atom is 0.294 e. The number of H-pyrrole nitrogens is 1. The molecule has 0 aliphatic heterocycles. The van der Waals surface area contributed by atoms with Gasteiger partial charge < -0.3 is 15.6 Å². The average molecular weight is 388 g/mol. The molecule has 3 aromatic heterocycles. The van der Waals surface area contributed by atoms with Crippen LogP contribution in [0.25, 0.3) is 22.2 Å². The number of nitrogens with zero attached hydrogens (tertiary/aromatic N) is 3. The number of carbonyl (C=O) groups excluding carboxylic acids is 1. The van der Waals surface area contributed by atoms with E-state index in [-0.39, 0.29) is 23.8 Å². The third kappa shape index (κ3) is 3.86. The fraction of sp³-hybridized carbons (Fsp3) is 0.143. The van der Waals surface area contributed by atoms with E-state index < -0.39 is 0 Å². The van der Waals surface area contributed by atoms with Crippen molar-refractivity contribution in [1.29, 1.82) is 0 Å². The molecule has 29 heavy (non-hydrogen) atoms. The van der Waals surface area contributed by atoms with Crippen LogP contribution in [-0.4, -0.2) is 32.5 Å². The number of benzene rings is 1. The third-order valence-electron chi connectivity index (χ3n) is 4.62. The number of rotatable bonds is 6. The van der Waals surface area contributed by atoms with Crippen LogP contribution in [0.5, 0.6) is 0 Å². The van der Waals surface area contributed by atoms with E-state index in [1.807, 2.05) is 42.5 Å². The molecule has 3 N–H and O–H groups in total. The lowest BCUT2D eigenvalue weighted by Gasteiger charge is -2.14. The van der Waals surface area contributed by atoms with Gasteiger partial charge in [0.2, 0.25) is 5.91 Å². The molecule has 3 heterocycles. The molecule has 8 heteroatoms. The van der Waals surface area contributed by atoms with Crippen LogP contribution in [0.15, 0.2) is 65.8 Å². The first kappa shape index (κ1) is 18.4. The summed E-state index contributed by atoms with van der Waals surface area (Å²) in [6.45, 7) is 0.217. The number of pyridine rings is 1. The first-order valence-corrected chi connectivity index (χ1v) is 9.17. The van der Waals surface area contributed by atoms with E-state index in [1.165, 1.54) is 4.57 Å². The van der Waals surface area contributed by atoms with Gasteiger partial charge in [-0.25, -0.2) is 4.98 Å². The van der Waals surface area contributed by atoms with Crippen molar-refractivity contribution < 1.29 is 4.79 Å². The van der Waals surface area contributed by atoms with Crippen molar-refractivity contribution in [2.45, 2.75) is 13.1 Å². The summed E-state index contributed by atoms with van der Waals surface area (Å²) in [5.41, 5.74) is 2.88. The van der Waals surface area contributed by atoms with Gasteiger partial charge in [-0.3, -0.25) is 19.1 Å². The molecular weight excluding hydrogens is 368 g/mol. The Bertz CT molecular complexity index is 1180. The smallest absolute Gasteiger partial charge is 0.294 e. The summed E-state index contributed by atoms with van der Waals surface area (Å²) >= 11 is 0. The summed E-state index contributed by atoms with van der Waals surface area (Å²) in [5.74, 6) is -0.0742. The number of aromatic amines is 1. The van der Waals surface area contributed by atoms with Crippen molar-refractivity contribution in [3.05, 3.63) is 77.1 Å². The Kier molecular flexibility index (Phi) is 5.07. The molecule has 4 rings (SSSR count). The Morgan fingerprint density at radius 3 is 2.76 bits per heavy atom. The van der Waals surface area contributed by atoms with Crippen LogP contribution < -0.4 is 16.2 Å². The standard InChI is InChI=1S/C21H20N6O2/c1-22-20-21(29)27(18(12-25-20)14-5-3-2-4-6-14)13-19(28)24-11-16-9-15-10-23-8-7-17(15)26-16/h2-10,12,26H,11,13H2,1H3,(H,22,25)(H,24,28). The van der Waals surface area contributed by atoms with Crippen LogP contribution in [0, 0.1) is 0 Å². The van der Waals surface area contributed by atoms with E-state index in [4.69, 9.17) is 0 Å². The minimum absolute atomic E-state index is 0.109. The number of hydrogen-bond acceptors (Lipinski definition) is 5. The molecular formula is C21H20N6O2. The molecule has 1 amide bonds. The highest BCUT2D eigenvalue weighted by atomic mass is 16.2. The zero-order valence-electron chi connectivity index (χ0n) is 15.8. The van der Waals surface area contributed by atoms with Gasteiger partial charge in [0, 0.05) is 36.0 Å². The van der Waals surface area contributed by atoms with Gasteiger partial charge in [0.1, 0.15) is 6.54 Å². The van der Waals surface area contributed by atoms with Crippen LogP contribution in [0.2, 0.25) is 0 Å². The van der Waals surface area contributed by atoms with Crippen LogP contribution in [0.3, 0.4) is 0 Å². The highest BCUT2D eigenvalue weighted by Crippen LogP contribution is 2.17. The number of carbonyl (C=O) groups is 1. The fourth-order valence-electron chi connectivity index (χ4n) is 3.18. The predicted octanol–water partition coefficient (Wildman–Crippen LogP) is 2.14. The minimum Gasteiger partial charge on any atom is -0.369 e. The van der Waals surface area contributed by atoms with Gasteiger partial charge in [-0.15, -0.1) is 0 Å². The quantitative estimate of drug-likeness (QED) is 0.469. The van der Waals surface area contributed by atoms with Crippen LogP contribution in [0.1, 0.15) is 5.69 Å². The van der Waals surface area contributed by atoms with Gasteiger partial charge in [-0.05, 0) is 17.7 Å². The summed E-state index contributed by atoms with van der Waals surface area (Å²) in [5, 5.41) is 6.61. The highest BCUT2D eigenvalue weighted by Gasteiger charge is 2.14. The van der Waals surface area contributed by atoms with E-state index in [0.29, 0.717) is 12.2 Å². The molecule has 0 spiro atoms. The van der Waals surface area contributed by atoms with Gasteiger partial charge >= 0.3 is 0 Å². The van der Waals surface area contributed by atoms with E-state index in [0.717, 1.165) is 22.2 Å². The lowest BCUT2D eigenvalue weighted by Crippen LogP contribution is -2.34. The van der Waals surface area contributed by atoms with E-state index in [1.54, 1.807) is 25.6 Å². The molecule has 1 aromatic carbocycles. The highest BCUT2D eigenvalue weighted by molar-refractivity contribution is 5.80. The second kappa shape index (κ2) is 7.97. The van der Waals surface area contributed by atoms with Gasteiger partial charge in [0.15, 0.2) is 5.82 Å². The van der Waals surface area contributed by atoms with Crippen molar-refractivity contribution in [2.75, 3.05) is 12.4 Å². The maximum atomic E-state index is 12.8. The summed E-state index contributed by atoms with van der Waals surface area (Å²) in [4.78, 5) is 36.9. The minimum atomic E-state index is -0.347. The van der Waals surface area contributed by atoms with Crippen LogP contribution in [-0.2, 0) is 17.9 Å². The van der Waals surface area contributed by atoms with E-state index in [9.17, 15) is 9.59 Å². The Morgan fingerprint density at radius 2 is 2.00 bits per heavy atom. The Hall–Kier alpha value is -3.94. The molecule has 146 valence electrons. The molecule has 0 saturated carbocycles. The van der Waals surface area contributed by atoms with Crippen molar-refractivity contribution in [1.82, 2.24) is 24.8 Å². The number of aromatic nitrogens is 4. The lowest BCUT2D eigenvalue weighted by atomic mass is 10.1. The Labute approximate surface area is 166 Å². The van der Waals surface area contributed by atoms with Crippen LogP contribution in [0.4, 0.5) is 5.82 Å². The predicted molar refractivity (Wildman–Crippen MR) is 111 cm³/mol. The topological polar surface area (TPSA) is 105 Å². The summed E-state index contributed by atoms with van der Waals surface area (Å²) in [6, 6.07) is 13.2. The monoisotopic (exact) mass is 388 g/mol. The zero-order chi connectivity index (χ0) is 20.2. The SMILES string of the molecule is CNc1ncc(-c2ccccc2)n(CC(=O)NCc2cc3cnccc3[nH]2)c1=O. The van der Waals surface area contributed by atoms with Gasteiger partial charge in [-0.2, -0.15) is 0 Å². The number of nitrogens with one attached hydrogen (secondary N) is 3. The van der Waals surface area contributed by atoms with Gasteiger partial charge in [0.25, 0.3) is 5.56 Å².